The van der Waals surface area contributed by atoms with Crippen LogP contribution in [0.4, 0.5) is 13.2 Å². The standard InChI is InChI=1S/C15H20F3N3O3/c1-11(21-4-6-23-7-5-21)8-20-14(22)12-2-3-13(19-9-12)24-10-15(16,17)18/h2-3,9,11H,4-8,10H2,1H3,(H,20,22)/t11-/m0/s1. The van der Waals surface area contributed by atoms with E-state index in [1.54, 1.807) is 0 Å². The number of rotatable bonds is 6. The van der Waals surface area contributed by atoms with Crippen LogP contribution in [0.2, 0.25) is 0 Å². The quantitative estimate of drug-likeness (QED) is 0.844. The number of alkyl halides is 3. The predicted octanol–water partition coefficient (Wildman–Crippen LogP) is 1.47. The van der Waals surface area contributed by atoms with E-state index >= 15 is 0 Å². The number of ether oxygens (including phenoxy) is 2. The Labute approximate surface area is 137 Å². The normalized spacial score (nSPS) is 17.3. The van der Waals surface area contributed by atoms with Gasteiger partial charge in [0.15, 0.2) is 6.61 Å². The summed E-state index contributed by atoms with van der Waals surface area (Å²) in [6.45, 7) is 4.07. The molecule has 1 aromatic heterocycles. The monoisotopic (exact) mass is 347 g/mol. The van der Waals surface area contributed by atoms with E-state index in [0.717, 1.165) is 13.1 Å². The lowest BCUT2D eigenvalue weighted by Gasteiger charge is -2.32. The summed E-state index contributed by atoms with van der Waals surface area (Å²) < 4.78 is 45.9. The smallest absolute Gasteiger partial charge is 0.422 e. The summed E-state index contributed by atoms with van der Waals surface area (Å²) in [6, 6.07) is 2.79. The van der Waals surface area contributed by atoms with Crippen LogP contribution in [0.1, 0.15) is 17.3 Å². The number of hydrogen-bond donors (Lipinski definition) is 1. The molecule has 0 spiro atoms. The fraction of sp³-hybridized carbons (Fsp3) is 0.600. The number of carbonyl (C=O) groups excluding carboxylic acids is 1. The minimum atomic E-state index is -4.42. The third-order valence-electron chi connectivity index (χ3n) is 3.61. The summed E-state index contributed by atoms with van der Waals surface area (Å²) in [5, 5.41) is 2.79. The second-order valence-electron chi connectivity index (χ2n) is 5.50. The first kappa shape index (κ1) is 18.5. The van der Waals surface area contributed by atoms with E-state index in [1.165, 1.54) is 18.3 Å². The highest BCUT2D eigenvalue weighted by Gasteiger charge is 2.28. The van der Waals surface area contributed by atoms with E-state index in [2.05, 4.69) is 19.9 Å². The van der Waals surface area contributed by atoms with Gasteiger partial charge in [-0.3, -0.25) is 9.69 Å². The molecule has 2 rings (SSSR count). The summed E-state index contributed by atoms with van der Waals surface area (Å²) in [5.41, 5.74) is 0.267. The topological polar surface area (TPSA) is 63.7 Å². The molecule has 1 amide bonds. The first-order chi connectivity index (χ1) is 11.3. The van der Waals surface area contributed by atoms with E-state index in [9.17, 15) is 18.0 Å². The van der Waals surface area contributed by atoms with Crippen LogP contribution < -0.4 is 10.1 Å². The summed E-state index contributed by atoms with van der Waals surface area (Å²) in [6.07, 6.45) is -3.23. The largest absolute Gasteiger partial charge is 0.468 e. The van der Waals surface area contributed by atoms with Gasteiger partial charge in [0.2, 0.25) is 5.88 Å². The van der Waals surface area contributed by atoms with E-state index in [4.69, 9.17) is 4.74 Å². The molecule has 134 valence electrons. The van der Waals surface area contributed by atoms with Gasteiger partial charge in [-0.2, -0.15) is 13.2 Å². The Balaban J connectivity index is 1.79. The zero-order valence-corrected chi connectivity index (χ0v) is 13.3. The van der Waals surface area contributed by atoms with Gasteiger partial charge < -0.3 is 14.8 Å². The molecule has 0 aliphatic carbocycles. The van der Waals surface area contributed by atoms with Crippen LogP contribution >= 0.6 is 0 Å². The van der Waals surface area contributed by atoms with E-state index < -0.39 is 12.8 Å². The zero-order valence-electron chi connectivity index (χ0n) is 13.3. The van der Waals surface area contributed by atoms with Crippen molar-refractivity contribution < 1.29 is 27.4 Å². The molecule has 0 aromatic carbocycles. The Morgan fingerprint density at radius 3 is 2.71 bits per heavy atom. The first-order valence-corrected chi connectivity index (χ1v) is 7.61. The van der Waals surface area contributed by atoms with Gasteiger partial charge in [0.05, 0.1) is 18.8 Å². The van der Waals surface area contributed by atoms with Crippen LogP contribution in [0.3, 0.4) is 0 Å². The Morgan fingerprint density at radius 2 is 2.12 bits per heavy atom. The minimum absolute atomic E-state index is 0.167. The highest BCUT2D eigenvalue weighted by molar-refractivity contribution is 5.93. The number of morpholine rings is 1. The number of carbonyl (C=O) groups is 1. The number of aromatic nitrogens is 1. The Morgan fingerprint density at radius 1 is 1.42 bits per heavy atom. The van der Waals surface area contributed by atoms with Crippen LogP contribution in [0.15, 0.2) is 18.3 Å². The van der Waals surface area contributed by atoms with Crippen molar-refractivity contribution in [2.45, 2.75) is 19.1 Å². The third kappa shape index (κ3) is 5.97. The Hall–Kier alpha value is -1.87. The summed E-state index contributed by atoms with van der Waals surface area (Å²) in [5.74, 6) is -0.504. The van der Waals surface area contributed by atoms with Crippen LogP contribution in [-0.4, -0.2) is 67.5 Å². The average Bonchev–Trinajstić information content (AvgIpc) is 2.58. The molecule has 2 heterocycles. The summed E-state index contributed by atoms with van der Waals surface area (Å²) in [7, 11) is 0. The van der Waals surface area contributed by atoms with Crippen molar-refractivity contribution in [2.24, 2.45) is 0 Å². The highest BCUT2D eigenvalue weighted by atomic mass is 19.4. The van der Waals surface area contributed by atoms with Gasteiger partial charge in [0.1, 0.15) is 0 Å². The van der Waals surface area contributed by atoms with Gasteiger partial charge in [0.25, 0.3) is 5.91 Å². The first-order valence-electron chi connectivity index (χ1n) is 7.61. The van der Waals surface area contributed by atoms with Crippen molar-refractivity contribution >= 4 is 5.91 Å². The lowest BCUT2D eigenvalue weighted by Crippen LogP contribution is -2.47. The van der Waals surface area contributed by atoms with Gasteiger partial charge >= 0.3 is 6.18 Å². The van der Waals surface area contributed by atoms with Crippen molar-refractivity contribution in [3.05, 3.63) is 23.9 Å². The molecule has 0 bridgehead atoms. The van der Waals surface area contributed by atoms with Crippen molar-refractivity contribution in [1.29, 1.82) is 0 Å². The van der Waals surface area contributed by atoms with Crippen molar-refractivity contribution in [1.82, 2.24) is 15.2 Å². The number of nitrogens with one attached hydrogen (secondary N) is 1. The lowest BCUT2D eigenvalue weighted by molar-refractivity contribution is -0.154. The van der Waals surface area contributed by atoms with Crippen molar-refractivity contribution in [2.75, 3.05) is 39.5 Å². The van der Waals surface area contributed by atoms with Gasteiger partial charge in [-0.15, -0.1) is 0 Å². The fourth-order valence-corrected chi connectivity index (χ4v) is 2.25. The second kappa shape index (κ2) is 8.29. The molecule has 1 aliphatic rings. The molecule has 6 nitrogen and oxygen atoms in total. The van der Waals surface area contributed by atoms with Gasteiger partial charge in [-0.1, -0.05) is 0 Å². The molecule has 1 atom stereocenters. The number of halogens is 3. The minimum Gasteiger partial charge on any atom is -0.468 e. The second-order valence-corrected chi connectivity index (χ2v) is 5.50. The molecule has 1 aliphatic heterocycles. The lowest BCUT2D eigenvalue weighted by atomic mass is 10.2. The SMILES string of the molecule is C[C@@H](CNC(=O)c1ccc(OCC(F)(F)F)nc1)N1CCOCC1. The fourth-order valence-electron chi connectivity index (χ4n) is 2.25. The molecule has 0 radical (unpaired) electrons. The van der Waals surface area contributed by atoms with Crippen LogP contribution in [0.25, 0.3) is 0 Å². The summed E-state index contributed by atoms with van der Waals surface area (Å²) in [4.78, 5) is 18.0. The summed E-state index contributed by atoms with van der Waals surface area (Å²) >= 11 is 0. The zero-order chi connectivity index (χ0) is 17.6. The van der Waals surface area contributed by atoms with Crippen molar-refractivity contribution in [3.63, 3.8) is 0 Å². The molecule has 9 heteroatoms. The molecule has 1 saturated heterocycles. The van der Waals surface area contributed by atoms with E-state index in [0.29, 0.717) is 19.8 Å². The number of amides is 1. The number of pyridine rings is 1. The van der Waals surface area contributed by atoms with Gasteiger partial charge in [-0.25, -0.2) is 4.98 Å². The molecular formula is C15H20F3N3O3. The Bertz CT molecular complexity index is 531. The molecule has 1 fully saturated rings. The highest BCUT2D eigenvalue weighted by Crippen LogP contribution is 2.17. The predicted molar refractivity (Wildman–Crippen MR) is 80.0 cm³/mol. The molecular weight excluding hydrogens is 327 g/mol. The van der Waals surface area contributed by atoms with Gasteiger partial charge in [-0.05, 0) is 13.0 Å². The average molecular weight is 347 g/mol. The number of nitrogens with zero attached hydrogens (tertiary/aromatic N) is 2. The maximum Gasteiger partial charge on any atom is 0.422 e. The molecule has 0 saturated carbocycles. The van der Waals surface area contributed by atoms with Crippen molar-refractivity contribution in [3.8, 4) is 5.88 Å². The maximum atomic E-state index is 12.0. The van der Waals surface area contributed by atoms with E-state index in [-0.39, 0.29) is 23.4 Å². The van der Waals surface area contributed by atoms with Gasteiger partial charge in [0, 0.05) is 37.9 Å². The number of hydrogen-bond acceptors (Lipinski definition) is 5. The molecule has 1 aromatic rings. The Kier molecular flexibility index (Phi) is 6.38. The third-order valence-corrected chi connectivity index (χ3v) is 3.61. The molecule has 1 N–H and O–H groups in total. The van der Waals surface area contributed by atoms with Crippen LogP contribution in [-0.2, 0) is 4.74 Å². The maximum absolute atomic E-state index is 12.0. The van der Waals surface area contributed by atoms with E-state index in [1.807, 2.05) is 6.92 Å². The van der Waals surface area contributed by atoms with Crippen LogP contribution in [0.5, 0.6) is 5.88 Å². The molecule has 24 heavy (non-hydrogen) atoms. The van der Waals surface area contributed by atoms with Crippen LogP contribution in [0, 0.1) is 0 Å². The molecule has 0 unspecified atom stereocenters.